The Bertz CT molecular complexity index is 749. The normalized spacial score (nSPS) is 17.8. The molecule has 2 aliphatic rings. The van der Waals surface area contributed by atoms with E-state index >= 15 is 0 Å². The number of rotatable bonds is 5. The summed E-state index contributed by atoms with van der Waals surface area (Å²) in [6, 6.07) is 8.48. The minimum Gasteiger partial charge on any atom is -0.369 e. The fraction of sp³-hybridized carbons (Fsp3) is 0.421. The van der Waals surface area contributed by atoms with E-state index in [2.05, 4.69) is 49.6 Å². The van der Waals surface area contributed by atoms with Gasteiger partial charge >= 0.3 is 0 Å². The lowest BCUT2D eigenvalue weighted by Gasteiger charge is -2.34. The van der Waals surface area contributed by atoms with Crippen molar-refractivity contribution in [3.63, 3.8) is 0 Å². The number of nitrogens with one attached hydrogen (secondary N) is 2. The molecule has 7 nitrogen and oxygen atoms in total. The van der Waals surface area contributed by atoms with Crippen molar-refractivity contribution >= 4 is 23.1 Å². The third kappa shape index (κ3) is 4.11. The van der Waals surface area contributed by atoms with Crippen LogP contribution in [0, 0.1) is 0 Å². The lowest BCUT2D eigenvalue weighted by Crippen LogP contribution is -2.44. The molecular formula is C19H24N6O. The van der Waals surface area contributed by atoms with Crippen LogP contribution in [-0.2, 0) is 0 Å². The summed E-state index contributed by atoms with van der Waals surface area (Å²) in [5.74, 6) is 0.475. The van der Waals surface area contributed by atoms with E-state index in [1.807, 2.05) is 12.1 Å². The molecule has 2 N–H and O–H groups in total. The number of hydrogen-bond acceptors (Lipinski definition) is 6. The smallest absolute Gasteiger partial charge is 0.275 e. The minimum absolute atomic E-state index is 0.247. The van der Waals surface area contributed by atoms with E-state index in [0.717, 1.165) is 37.7 Å². The molecule has 1 saturated heterocycles. The van der Waals surface area contributed by atoms with Crippen LogP contribution in [-0.4, -0.2) is 60.0 Å². The Morgan fingerprint density at radius 3 is 2.38 bits per heavy atom. The fourth-order valence-electron chi connectivity index (χ4n) is 2.97. The van der Waals surface area contributed by atoms with Gasteiger partial charge in [-0.25, -0.2) is 9.97 Å². The molecule has 0 bridgehead atoms. The first-order valence-electron chi connectivity index (χ1n) is 9.11. The van der Waals surface area contributed by atoms with Gasteiger partial charge in [-0.05, 0) is 44.2 Å². The van der Waals surface area contributed by atoms with Gasteiger partial charge in [0, 0.05) is 43.6 Å². The number of benzene rings is 1. The van der Waals surface area contributed by atoms with Crippen LogP contribution in [0.4, 0.5) is 17.2 Å². The van der Waals surface area contributed by atoms with Crippen LogP contribution in [0.1, 0.15) is 23.3 Å². The maximum Gasteiger partial charge on any atom is 0.275 e. The maximum absolute atomic E-state index is 12.3. The molecule has 0 radical (unpaired) electrons. The summed E-state index contributed by atoms with van der Waals surface area (Å²) in [4.78, 5) is 25.5. The minimum atomic E-state index is -0.247. The average Bonchev–Trinajstić information content (AvgIpc) is 3.48. The Kier molecular flexibility index (Phi) is 4.71. The summed E-state index contributed by atoms with van der Waals surface area (Å²) in [7, 11) is 2.15. The SMILES string of the molecule is CN1CCN(c2ccc(NC(=O)c3cnc(NC4CC4)cn3)cc2)CC1. The summed E-state index contributed by atoms with van der Waals surface area (Å²) in [5, 5.41) is 6.14. The molecule has 0 unspecified atom stereocenters. The highest BCUT2D eigenvalue weighted by atomic mass is 16.1. The number of nitrogens with zero attached hydrogens (tertiary/aromatic N) is 4. The molecule has 136 valence electrons. The molecule has 0 atom stereocenters. The first kappa shape index (κ1) is 16.8. The van der Waals surface area contributed by atoms with Gasteiger partial charge in [0.25, 0.3) is 5.91 Å². The second-order valence-corrected chi connectivity index (χ2v) is 7.00. The number of anilines is 3. The Balaban J connectivity index is 1.35. The van der Waals surface area contributed by atoms with Crippen molar-refractivity contribution in [2.45, 2.75) is 18.9 Å². The van der Waals surface area contributed by atoms with Gasteiger partial charge in [-0.2, -0.15) is 0 Å². The molecule has 1 amide bonds. The summed E-state index contributed by atoms with van der Waals surface area (Å²) in [6.45, 7) is 4.20. The van der Waals surface area contributed by atoms with Crippen molar-refractivity contribution in [2.24, 2.45) is 0 Å². The van der Waals surface area contributed by atoms with Crippen molar-refractivity contribution < 1.29 is 4.79 Å². The van der Waals surface area contributed by atoms with E-state index in [1.165, 1.54) is 24.7 Å². The molecule has 4 rings (SSSR count). The molecule has 1 aliphatic heterocycles. The molecule has 0 spiro atoms. The van der Waals surface area contributed by atoms with Crippen molar-refractivity contribution in [2.75, 3.05) is 48.8 Å². The topological polar surface area (TPSA) is 73.4 Å². The summed E-state index contributed by atoms with van der Waals surface area (Å²) in [6.07, 6.45) is 5.48. The predicted octanol–water partition coefficient (Wildman–Crippen LogP) is 2.06. The number of likely N-dealkylation sites (N-methyl/N-ethyl adjacent to an activating group) is 1. The highest BCUT2D eigenvalue weighted by molar-refractivity contribution is 6.02. The van der Waals surface area contributed by atoms with Crippen molar-refractivity contribution in [1.29, 1.82) is 0 Å². The molecule has 7 heteroatoms. The van der Waals surface area contributed by atoms with Crippen LogP contribution < -0.4 is 15.5 Å². The second kappa shape index (κ2) is 7.29. The Morgan fingerprint density at radius 1 is 1.04 bits per heavy atom. The zero-order valence-electron chi connectivity index (χ0n) is 15.0. The summed E-state index contributed by atoms with van der Waals surface area (Å²) in [5.41, 5.74) is 2.26. The first-order valence-corrected chi connectivity index (χ1v) is 9.11. The molecule has 1 aliphatic carbocycles. The molecule has 1 aromatic heterocycles. The molecule has 2 aromatic rings. The van der Waals surface area contributed by atoms with Crippen LogP contribution in [0.5, 0.6) is 0 Å². The molecule has 26 heavy (non-hydrogen) atoms. The molecular weight excluding hydrogens is 328 g/mol. The van der Waals surface area contributed by atoms with Gasteiger partial charge in [0.15, 0.2) is 0 Å². The lowest BCUT2D eigenvalue weighted by atomic mass is 10.2. The van der Waals surface area contributed by atoms with E-state index < -0.39 is 0 Å². The van der Waals surface area contributed by atoms with E-state index in [1.54, 1.807) is 6.20 Å². The van der Waals surface area contributed by atoms with E-state index in [9.17, 15) is 4.79 Å². The standard InChI is InChI=1S/C19H24N6O/c1-24-8-10-25(11-9-24)16-6-4-15(5-7-16)23-19(26)17-12-21-18(13-20-17)22-14-2-3-14/h4-7,12-14H,2-3,8-11H2,1H3,(H,21,22)(H,23,26). The third-order valence-corrected chi connectivity index (χ3v) is 4.81. The van der Waals surface area contributed by atoms with Gasteiger partial charge in [0.2, 0.25) is 0 Å². The van der Waals surface area contributed by atoms with E-state index in [0.29, 0.717) is 11.7 Å². The maximum atomic E-state index is 12.3. The van der Waals surface area contributed by atoms with Crippen LogP contribution in [0.2, 0.25) is 0 Å². The lowest BCUT2D eigenvalue weighted by molar-refractivity contribution is 0.102. The average molecular weight is 352 g/mol. The fourth-order valence-corrected chi connectivity index (χ4v) is 2.97. The highest BCUT2D eigenvalue weighted by Crippen LogP contribution is 2.23. The van der Waals surface area contributed by atoms with Crippen molar-refractivity contribution in [1.82, 2.24) is 14.9 Å². The Hall–Kier alpha value is -2.67. The Morgan fingerprint density at radius 2 is 1.77 bits per heavy atom. The van der Waals surface area contributed by atoms with Gasteiger partial charge < -0.3 is 20.4 Å². The molecule has 2 heterocycles. The number of carbonyl (C=O) groups is 1. The van der Waals surface area contributed by atoms with Gasteiger partial charge in [-0.15, -0.1) is 0 Å². The van der Waals surface area contributed by atoms with Crippen molar-refractivity contribution in [3.8, 4) is 0 Å². The monoisotopic (exact) mass is 352 g/mol. The summed E-state index contributed by atoms with van der Waals surface area (Å²) < 4.78 is 0. The molecule has 1 saturated carbocycles. The number of hydrogen-bond donors (Lipinski definition) is 2. The number of piperazine rings is 1. The Labute approximate surface area is 153 Å². The number of carbonyl (C=O) groups excluding carboxylic acids is 1. The van der Waals surface area contributed by atoms with Gasteiger partial charge in [0.1, 0.15) is 11.5 Å². The third-order valence-electron chi connectivity index (χ3n) is 4.81. The van der Waals surface area contributed by atoms with Crippen LogP contribution in [0.3, 0.4) is 0 Å². The predicted molar refractivity (Wildman–Crippen MR) is 103 cm³/mol. The summed E-state index contributed by atoms with van der Waals surface area (Å²) >= 11 is 0. The number of aromatic nitrogens is 2. The second-order valence-electron chi connectivity index (χ2n) is 7.00. The van der Waals surface area contributed by atoms with Gasteiger partial charge in [0.05, 0.1) is 12.4 Å². The van der Waals surface area contributed by atoms with Gasteiger partial charge in [-0.1, -0.05) is 0 Å². The molecule has 1 aromatic carbocycles. The zero-order chi connectivity index (χ0) is 17.9. The van der Waals surface area contributed by atoms with Crippen LogP contribution in [0.15, 0.2) is 36.7 Å². The quantitative estimate of drug-likeness (QED) is 0.858. The van der Waals surface area contributed by atoms with E-state index in [-0.39, 0.29) is 5.91 Å². The number of amides is 1. The van der Waals surface area contributed by atoms with Crippen LogP contribution >= 0.6 is 0 Å². The first-order chi connectivity index (χ1) is 12.7. The molecule has 2 fully saturated rings. The largest absolute Gasteiger partial charge is 0.369 e. The zero-order valence-corrected chi connectivity index (χ0v) is 15.0. The van der Waals surface area contributed by atoms with E-state index in [4.69, 9.17) is 0 Å². The highest BCUT2D eigenvalue weighted by Gasteiger charge is 2.21. The van der Waals surface area contributed by atoms with Gasteiger partial charge in [-0.3, -0.25) is 4.79 Å². The van der Waals surface area contributed by atoms with Crippen LogP contribution in [0.25, 0.3) is 0 Å². The van der Waals surface area contributed by atoms with Crippen molar-refractivity contribution in [3.05, 3.63) is 42.4 Å².